The summed E-state index contributed by atoms with van der Waals surface area (Å²) in [6.07, 6.45) is 6.50. The molecule has 0 spiro atoms. The van der Waals surface area contributed by atoms with Crippen LogP contribution >= 0.6 is 0 Å². The van der Waals surface area contributed by atoms with E-state index < -0.39 is 0 Å². The second-order valence-electron chi connectivity index (χ2n) is 6.15. The van der Waals surface area contributed by atoms with E-state index in [0.717, 1.165) is 11.1 Å². The third-order valence-electron chi connectivity index (χ3n) is 4.08. The number of methoxy groups -OCH3 is 1. The molecule has 0 bridgehead atoms. The summed E-state index contributed by atoms with van der Waals surface area (Å²) in [4.78, 5) is 23.5. The van der Waals surface area contributed by atoms with Crippen molar-refractivity contribution in [3.63, 3.8) is 0 Å². The lowest BCUT2D eigenvalue weighted by atomic mass is 10.1. The molecule has 6 nitrogen and oxygen atoms in total. The van der Waals surface area contributed by atoms with Crippen molar-refractivity contribution in [2.24, 2.45) is 7.05 Å². The molecule has 0 aliphatic carbocycles. The maximum absolute atomic E-state index is 12.0. The molecule has 0 unspecified atom stereocenters. The first-order valence-corrected chi connectivity index (χ1v) is 8.66. The molecule has 142 valence electrons. The topological polar surface area (TPSA) is 70.4 Å². The number of nitrogens with zero attached hydrogens (tertiary/aromatic N) is 2. The highest BCUT2D eigenvalue weighted by Crippen LogP contribution is 2.16. The first-order chi connectivity index (χ1) is 13.5. The van der Waals surface area contributed by atoms with Crippen LogP contribution in [0.15, 0.2) is 67.0 Å². The van der Waals surface area contributed by atoms with Gasteiger partial charge in [-0.25, -0.2) is 4.79 Å². The van der Waals surface area contributed by atoms with Gasteiger partial charge >= 0.3 is 5.97 Å². The molecular weight excluding hydrogens is 356 g/mol. The van der Waals surface area contributed by atoms with E-state index in [1.807, 2.05) is 36.4 Å². The van der Waals surface area contributed by atoms with Gasteiger partial charge in [0.15, 0.2) is 5.78 Å². The van der Waals surface area contributed by atoms with Crippen LogP contribution in [0.25, 0.3) is 6.08 Å². The van der Waals surface area contributed by atoms with E-state index in [2.05, 4.69) is 9.84 Å². The van der Waals surface area contributed by atoms with Crippen molar-refractivity contribution in [1.82, 2.24) is 9.78 Å². The van der Waals surface area contributed by atoms with Crippen LogP contribution in [0, 0.1) is 0 Å². The van der Waals surface area contributed by atoms with E-state index in [1.165, 1.54) is 13.2 Å². The molecule has 6 heteroatoms. The molecule has 0 amide bonds. The van der Waals surface area contributed by atoms with Crippen LogP contribution in [0.2, 0.25) is 0 Å². The van der Waals surface area contributed by atoms with Gasteiger partial charge < -0.3 is 9.47 Å². The molecule has 0 atom stereocenters. The summed E-state index contributed by atoms with van der Waals surface area (Å²) >= 11 is 0. The number of ketones is 1. The summed E-state index contributed by atoms with van der Waals surface area (Å²) in [5.41, 5.74) is 2.89. The van der Waals surface area contributed by atoms with Crippen molar-refractivity contribution in [2.45, 2.75) is 6.61 Å². The maximum atomic E-state index is 12.0. The van der Waals surface area contributed by atoms with Gasteiger partial charge in [-0.15, -0.1) is 0 Å². The summed E-state index contributed by atoms with van der Waals surface area (Å²) in [6, 6.07) is 14.5. The molecule has 1 heterocycles. The molecule has 0 saturated carbocycles. The molecule has 0 N–H and O–H groups in total. The Balaban J connectivity index is 1.55. The normalized spacial score (nSPS) is 10.8. The predicted octanol–water partition coefficient (Wildman–Crippen LogP) is 3.68. The van der Waals surface area contributed by atoms with Crippen LogP contribution in [0.3, 0.4) is 0 Å². The number of hydrogen-bond acceptors (Lipinski definition) is 5. The number of benzene rings is 2. The summed E-state index contributed by atoms with van der Waals surface area (Å²) in [6.45, 7) is 0.385. The predicted molar refractivity (Wildman–Crippen MR) is 105 cm³/mol. The standard InChI is InChI=1S/C22H20N2O4/c1-24-14-19(13-23-24)21(25)12-7-16-5-10-20(11-6-16)28-15-17-3-8-18(9-4-17)22(26)27-2/h3-14H,15H2,1-2H3/b12-7+. The van der Waals surface area contributed by atoms with Crippen molar-refractivity contribution in [3.8, 4) is 5.75 Å². The van der Waals surface area contributed by atoms with E-state index in [4.69, 9.17) is 4.74 Å². The minimum absolute atomic E-state index is 0.0937. The Morgan fingerprint density at radius 3 is 2.36 bits per heavy atom. The number of aromatic nitrogens is 2. The van der Waals surface area contributed by atoms with Gasteiger partial charge in [-0.1, -0.05) is 30.3 Å². The zero-order valence-corrected chi connectivity index (χ0v) is 15.7. The minimum Gasteiger partial charge on any atom is -0.489 e. The van der Waals surface area contributed by atoms with Crippen molar-refractivity contribution in [2.75, 3.05) is 7.11 Å². The van der Waals surface area contributed by atoms with Gasteiger partial charge in [-0.3, -0.25) is 9.48 Å². The summed E-state index contributed by atoms with van der Waals surface area (Å²) < 4.78 is 12.0. The number of esters is 1. The van der Waals surface area contributed by atoms with Crippen molar-refractivity contribution >= 4 is 17.8 Å². The maximum Gasteiger partial charge on any atom is 0.337 e. The van der Waals surface area contributed by atoms with Crippen LogP contribution < -0.4 is 4.74 Å². The summed E-state index contributed by atoms with van der Waals surface area (Å²) in [5, 5.41) is 3.99. The van der Waals surface area contributed by atoms with Gasteiger partial charge in [-0.2, -0.15) is 5.10 Å². The fraction of sp³-hybridized carbons (Fsp3) is 0.136. The fourth-order valence-corrected chi connectivity index (χ4v) is 2.51. The zero-order chi connectivity index (χ0) is 19.9. The first kappa shape index (κ1) is 19.1. The lowest BCUT2D eigenvalue weighted by Crippen LogP contribution is -2.01. The molecule has 1 aromatic heterocycles. The number of aryl methyl sites for hydroxylation is 1. The molecule has 0 radical (unpaired) electrons. The number of hydrogen-bond donors (Lipinski definition) is 0. The number of allylic oxidation sites excluding steroid dienone is 1. The van der Waals surface area contributed by atoms with E-state index in [9.17, 15) is 9.59 Å². The van der Waals surface area contributed by atoms with Crippen LogP contribution in [0.5, 0.6) is 5.75 Å². The molecule has 28 heavy (non-hydrogen) atoms. The zero-order valence-electron chi connectivity index (χ0n) is 15.7. The van der Waals surface area contributed by atoms with Gasteiger partial charge in [0.25, 0.3) is 0 Å². The quantitative estimate of drug-likeness (QED) is 0.357. The Hall–Kier alpha value is -3.67. The van der Waals surface area contributed by atoms with Crippen molar-refractivity contribution in [1.29, 1.82) is 0 Å². The van der Waals surface area contributed by atoms with Gasteiger partial charge in [-0.05, 0) is 41.5 Å². The molecule has 3 rings (SSSR count). The van der Waals surface area contributed by atoms with Gasteiger partial charge in [0.1, 0.15) is 12.4 Å². The lowest BCUT2D eigenvalue weighted by molar-refractivity contribution is 0.0600. The largest absolute Gasteiger partial charge is 0.489 e. The molecule has 2 aromatic carbocycles. The Kier molecular flexibility index (Phi) is 6.01. The van der Waals surface area contributed by atoms with Gasteiger partial charge in [0.05, 0.1) is 24.4 Å². The average Bonchev–Trinajstić information content (AvgIpc) is 3.17. The Labute approximate surface area is 163 Å². The second-order valence-corrected chi connectivity index (χ2v) is 6.15. The van der Waals surface area contributed by atoms with E-state index in [0.29, 0.717) is 23.5 Å². The van der Waals surface area contributed by atoms with Crippen LogP contribution in [-0.2, 0) is 18.4 Å². The van der Waals surface area contributed by atoms with Gasteiger partial charge in [0, 0.05) is 13.2 Å². The Bertz CT molecular complexity index is 986. The van der Waals surface area contributed by atoms with Crippen molar-refractivity contribution in [3.05, 3.63) is 89.3 Å². The van der Waals surface area contributed by atoms with Crippen LogP contribution in [0.4, 0.5) is 0 Å². The summed E-state index contributed by atoms with van der Waals surface area (Å²) in [5.74, 6) is 0.259. The van der Waals surface area contributed by atoms with Crippen LogP contribution in [0.1, 0.15) is 31.8 Å². The smallest absolute Gasteiger partial charge is 0.337 e. The van der Waals surface area contributed by atoms with E-state index in [-0.39, 0.29) is 11.8 Å². The number of rotatable bonds is 7. The highest BCUT2D eigenvalue weighted by atomic mass is 16.5. The minimum atomic E-state index is -0.363. The third-order valence-corrected chi connectivity index (χ3v) is 4.08. The average molecular weight is 376 g/mol. The lowest BCUT2D eigenvalue weighted by Gasteiger charge is -2.07. The highest BCUT2D eigenvalue weighted by molar-refractivity contribution is 6.06. The van der Waals surface area contributed by atoms with E-state index >= 15 is 0 Å². The van der Waals surface area contributed by atoms with Gasteiger partial charge in [0.2, 0.25) is 0 Å². The monoisotopic (exact) mass is 376 g/mol. The first-order valence-electron chi connectivity index (χ1n) is 8.66. The number of carbonyl (C=O) groups is 2. The third kappa shape index (κ3) is 4.94. The molecule has 0 aliphatic rings. The Morgan fingerprint density at radius 2 is 1.75 bits per heavy atom. The van der Waals surface area contributed by atoms with E-state index in [1.54, 1.807) is 42.3 Å². The van der Waals surface area contributed by atoms with Crippen molar-refractivity contribution < 1.29 is 19.1 Å². The molecular formula is C22H20N2O4. The fourth-order valence-electron chi connectivity index (χ4n) is 2.51. The molecule has 0 fully saturated rings. The van der Waals surface area contributed by atoms with Crippen LogP contribution in [-0.4, -0.2) is 28.6 Å². The number of ether oxygens (including phenoxy) is 2. The summed E-state index contributed by atoms with van der Waals surface area (Å²) in [7, 11) is 3.12. The highest BCUT2D eigenvalue weighted by Gasteiger charge is 2.05. The second kappa shape index (κ2) is 8.81. The molecule has 0 saturated heterocycles. The SMILES string of the molecule is COC(=O)c1ccc(COc2ccc(/C=C/C(=O)c3cnn(C)c3)cc2)cc1. The molecule has 3 aromatic rings. The number of carbonyl (C=O) groups excluding carboxylic acids is 2. The molecule has 0 aliphatic heterocycles. The Morgan fingerprint density at radius 1 is 1.04 bits per heavy atom.